The molecule has 0 unspecified atom stereocenters. The number of rotatable bonds is 6. The predicted molar refractivity (Wildman–Crippen MR) is 80.5 cm³/mol. The predicted octanol–water partition coefficient (Wildman–Crippen LogP) is 2.98. The van der Waals surface area contributed by atoms with Gasteiger partial charge < -0.3 is 9.52 Å². The third-order valence-corrected chi connectivity index (χ3v) is 5.50. The molecule has 2 rings (SSSR count). The van der Waals surface area contributed by atoms with Crippen molar-refractivity contribution in [2.24, 2.45) is 5.41 Å². The summed E-state index contributed by atoms with van der Waals surface area (Å²) in [5.41, 5.74) is -1.05. The van der Waals surface area contributed by atoms with Crippen molar-refractivity contribution in [1.29, 1.82) is 0 Å². The average molecular weight is 306 g/mol. The zero-order valence-electron chi connectivity index (χ0n) is 11.8. The summed E-state index contributed by atoms with van der Waals surface area (Å²) < 4.78 is 30.2. The minimum absolute atomic E-state index is 0.227. The van der Waals surface area contributed by atoms with Crippen molar-refractivity contribution >= 4 is 9.84 Å². The normalized spacial score (nSPS) is 16.1. The Bertz CT molecular complexity index is 689. The van der Waals surface area contributed by atoms with E-state index < -0.39 is 21.4 Å². The van der Waals surface area contributed by atoms with E-state index in [1.165, 1.54) is 24.5 Å². The topological polar surface area (TPSA) is 67.5 Å². The van der Waals surface area contributed by atoms with E-state index in [1.54, 1.807) is 37.3 Å². The van der Waals surface area contributed by atoms with Gasteiger partial charge in [0.1, 0.15) is 11.9 Å². The first-order valence-electron chi connectivity index (χ1n) is 6.52. The highest BCUT2D eigenvalue weighted by molar-refractivity contribution is 7.91. The summed E-state index contributed by atoms with van der Waals surface area (Å²) in [7, 11) is -3.54. The van der Waals surface area contributed by atoms with Crippen molar-refractivity contribution in [1.82, 2.24) is 0 Å². The van der Waals surface area contributed by atoms with Gasteiger partial charge in [-0.15, -0.1) is 6.58 Å². The van der Waals surface area contributed by atoms with E-state index in [0.29, 0.717) is 5.76 Å². The lowest BCUT2D eigenvalue weighted by Crippen LogP contribution is -2.31. The van der Waals surface area contributed by atoms with Crippen molar-refractivity contribution in [3.8, 4) is 0 Å². The minimum atomic E-state index is -3.54. The molecule has 5 heteroatoms. The van der Waals surface area contributed by atoms with E-state index in [1.807, 2.05) is 0 Å². The van der Waals surface area contributed by atoms with Crippen LogP contribution >= 0.6 is 0 Å². The van der Waals surface area contributed by atoms with Gasteiger partial charge in [-0.25, -0.2) is 8.42 Å². The largest absolute Gasteiger partial charge is 0.467 e. The van der Waals surface area contributed by atoms with Crippen molar-refractivity contribution < 1.29 is 17.9 Å². The molecule has 1 N–H and O–H groups in total. The molecule has 1 aromatic carbocycles. The van der Waals surface area contributed by atoms with E-state index in [0.717, 1.165) is 0 Å². The molecule has 0 aliphatic heterocycles. The molecule has 0 amide bonds. The molecule has 0 bridgehead atoms. The molecular weight excluding hydrogens is 288 g/mol. The van der Waals surface area contributed by atoms with Gasteiger partial charge in [0.25, 0.3) is 0 Å². The van der Waals surface area contributed by atoms with Crippen LogP contribution in [0.15, 0.2) is 70.7 Å². The van der Waals surface area contributed by atoms with Crippen molar-refractivity contribution in [3.63, 3.8) is 0 Å². The third-order valence-electron chi connectivity index (χ3n) is 3.51. The van der Waals surface area contributed by atoms with Crippen LogP contribution in [-0.2, 0) is 9.84 Å². The third kappa shape index (κ3) is 3.25. The average Bonchev–Trinajstić information content (AvgIpc) is 3.01. The lowest BCUT2D eigenvalue weighted by atomic mass is 9.85. The van der Waals surface area contributed by atoms with Gasteiger partial charge in [0.2, 0.25) is 0 Å². The number of aliphatic hydroxyl groups is 1. The summed E-state index contributed by atoms with van der Waals surface area (Å²) in [6.07, 6.45) is 1.82. The van der Waals surface area contributed by atoms with E-state index >= 15 is 0 Å². The molecule has 0 aliphatic rings. The molecule has 0 aliphatic carbocycles. The fourth-order valence-corrected chi connectivity index (χ4v) is 3.97. The molecule has 0 saturated heterocycles. The molecule has 1 heterocycles. The Labute approximate surface area is 124 Å². The zero-order valence-corrected chi connectivity index (χ0v) is 12.6. The van der Waals surface area contributed by atoms with Gasteiger partial charge in [-0.1, -0.05) is 31.2 Å². The van der Waals surface area contributed by atoms with Crippen LogP contribution in [0.2, 0.25) is 0 Å². The van der Waals surface area contributed by atoms with E-state index in [2.05, 4.69) is 6.58 Å². The first kappa shape index (κ1) is 15.5. The SMILES string of the molecule is C=C[C@@](C)(CS(=O)(=O)c1ccccc1)[C@@H](O)c1ccco1. The summed E-state index contributed by atoms with van der Waals surface area (Å²) in [6, 6.07) is 11.4. The molecule has 1 aromatic heterocycles. The van der Waals surface area contributed by atoms with Crippen LogP contribution in [-0.4, -0.2) is 19.3 Å². The fourth-order valence-electron chi connectivity index (χ4n) is 2.14. The molecule has 0 saturated carbocycles. The Morgan fingerprint density at radius 1 is 1.29 bits per heavy atom. The fraction of sp³-hybridized carbons (Fsp3) is 0.250. The summed E-state index contributed by atoms with van der Waals surface area (Å²) in [5, 5.41) is 10.4. The highest BCUT2D eigenvalue weighted by Gasteiger charge is 2.38. The minimum Gasteiger partial charge on any atom is -0.467 e. The summed E-state index contributed by atoms with van der Waals surface area (Å²) in [6.45, 7) is 5.32. The lowest BCUT2D eigenvalue weighted by molar-refractivity contribution is 0.0632. The molecule has 0 fully saturated rings. The molecule has 2 aromatic rings. The molecule has 2 atom stereocenters. The highest BCUT2D eigenvalue weighted by Crippen LogP contribution is 2.37. The van der Waals surface area contributed by atoms with Crippen LogP contribution in [0.4, 0.5) is 0 Å². The number of furan rings is 1. The second kappa shape index (κ2) is 5.87. The number of aliphatic hydroxyl groups excluding tert-OH is 1. The van der Waals surface area contributed by atoms with Gasteiger partial charge in [-0.3, -0.25) is 0 Å². The smallest absolute Gasteiger partial charge is 0.179 e. The Kier molecular flexibility index (Phi) is 4.34. The molecular formula is C16H18O4S. The Hall–Kier alpha value is -1.85. The standard InChI is InChI=1S/C16H18O4S/c1-3-16(2,15(17)14-10-7-11-20-14)12-21(18,19)13-8-5-4-6-9-13/h3-11,15,17H,1,12H2,2H3/t15-,16-/m0/s1. The molecule has 112 valence electrons. The van der Waals surface area contributed by atoms with Crippen LogP contribution in [0, 0.1) is 5.41 Å². The first-order chi connectivity index (χ1) is 9.89. The number of sulfone groups is 1. The summed E-state index contributed by atoms with van der Waals surface area (Å²) in [5.74, 6) is 0.0655. The maximum atomic E-state index is 12.5. The second-order valence-corrected chi connectivity index (χ2v) is 7.19. The van der Waals surface area contributed by atoms with Gasteiger partial charge in [0.15, 0.2) is 9.84 Å². The maximum Gasteiger partial charge on any atom is 0.179 e. The summed E-state index contributed by atoms with van der Waals surface area (Å²) >= 11 is 0. The first-order valence-corrected chi connectivity index (χ1v) is 8.17. The molecule has 4 nitrogen and oxygen atoms in total. The number of hydrogen-bond donors (Lipinski definition) is 1. The van der Waals surface area contributed by atoms with Gasteiger partial charge >= 0.3 is 0 Å². The van der Waals surface area contributed by atoms with Crippen LogP contribution in [0.25, 0.3) is 0 Å². The van der Waals surface area contributed by atoms with Gasteiger partial charge in [-0.05, 0) is 24.3 Å². The van der Waals surface area contributed by atoms with Crippen molar-refractivity contribution in [2.75, 3.05) is 5.75 Å². The quantitative estimate of drug-likeness (QED) is 0.833. The number of hydrogen-bond acceptors (Lipinski definition) is 4. The van der Waals surface area contributed by atoms with E-state index in [4.69, 9.17) is 4.42 Å². The van der Waals surface area contributed by atoms with Crippen LogP contribution in [0.1, 0.15) is 18.8 Å². The Morgan fingerprint density at radius 2 is 1.95 bits per heavy atom. The maximum absolute atomic E-state index is 12.5. The molecule has 0 radical (unpaired) electrons. The van der Waals surface area contributed by atoms with Crippen LogP contribution in [0.5, 0.6) is 0 Å². The Balaban J connectivity index is 2.32. The van der Waals surface area contributed by atoms with Crippen molar-refractivity contribution in [2.45, 2.75) is 17.9 Å². The van der Waals surface area contributed by atoms with Crippen LogP contribution in [0.3, 0.4) is 0 Å². The van der Waals surface area contributed by atoms with E-state index in [-0.39, 0.29) is 10.6 Å². The van der Waals surface area contributed by atoms with Gasteiger partial charge in [0, 0.05) is 5.41 Å². The number of benzene rings is 1. The monoisotopic (exact) mass is 306 g/mol. The Morgan fingerprint density at radius 3 is 2.48 bits per heavy atom. The second-order valence-electron chi connectivity index (χ2n) is 5.20. The van der Waals surface area contributed by atoms with Gasteiger partial charge in [0.05, 0.1) is 16.9 Å². The highest BCUT2D eigenvalue weighted by atomic mass is 32.2. The molecule has 0 spiro atoms. The van der Waals surface area contributed by atoms with Crippen LogP contribution < -0.4 is 0 Å². The lowest BCUT2D eigenvalue weighted by Gasteiger charge is -2.29. The van der Waals surface area contributed by atoms with Gasteiger partial charge in [-0.2, -0.15) is 0 Å². The molecule has 21 heavy (non-hydrogen) atoms. The van der Waals surface area contributed by atoms with Crippen molar-refractivity contribution in [3.05, 3.63) is 67.1 Å². The van der Waals surface area contributed by atoms with E-state index in [9.17, 15) is 13.5 Å². The summed E-state index contributed by atoms with van der Waals surface area (Å²) in [4.78, 5) is 0.227. The zero-order chi connectivity index (χ0) is 15.5.